The Balaban J connectivity index is 1.76. The molecule has 0 saturated heterocycles. The average molecular weight is 363 g/mol. The molecule has 5 nitrogen and oxygen atoms in total. The van der Waals surface area contributed by atoms with E-state index in [9.17, 15) is 13.2 Å². The molecular weight excluding hydrogens is 348 g/mol. The summed E-state index contributed by atoms with van der Waals surface area (Å²) in [5.74, 6) is -0.632. The van der Waals surface area contributed by atoms with Gasteiger partial charge in [-0.25, -0.2) is 8.42 Å². The van der Waals surface area contributed by atoms with E-state index in [0.29, 0.717) is 17.1 Å². The van der Waals surface area contributed by atoms with Crippen molar-refractivity contribution >= 4 is 27.5 Å². The molecule has 2 aromatic rings. The molecule has 0 bridgehead atoms. The summed E-state index contributed by atoms with van der Waals surface area (Å²) in [6.07, 6.45) is 1.53. The zero-order chi connectivity index (χ0) is 17.1. The molecule has 24 heavy (non-hydrogen) atoms. The van der Waals surface area contributed by atoms with Gasteiger partial charge in [-0.3, -0.25) is 4.79 Å². The van der Waals surface area contributed by atoms with Crippen molar-refractivity contribution in [2.75, 3.05) is 0 Å². The fourth-order valence-electron chi connectivity index (χ4n) is 3.60. The number of primary amides is 1. The predicted molar refractivity (Wildman–Crippen MR) is 90.2 cm³/mol. The number of carbonyl (C=O) groups excluding carboxylic acids is 1. The minimum Gasteiger partial charge on any atom is -0.366 e. The second-order valence-corrected chi connectivity index (χ2v) is 8.43. The van der Waals surface area contributed by atoms with Gasteiger partial charge in [0.05, 0.1) is 10.9 Å². The largest absolute Gasteiger partial charge is 0.366 e. The zero-order valence-corrected chi connectivity index (χ0v) is 14.3. The van der Waals surface area contributed by atoms with Crippen LogP contribution in [0, 0.1) is 0 Å². The molecule has 1 heterocycles. The molecule has 0 radical (unpaired) electrons. The third-order valence-electron chi connectivity index (χ3n) is 4.76. The molecule has 0 aromatic heterocycles. The number of sulfonamides is 1. The predicted octanol–water partition coefficient (Wildman–Crippen LogP) is 2.63. The summed E-state index contributed by atoms with van der Waals surface area (Å²) in [7, 11) is -3.65. The molecule has 0 spiro atoms. The number of hydrogen-bond donors (Lipinski definition) is 1. The number of carbonyl (C=O) groups is 1. The van der Waals surface area contributed by atoms with Crippen molar-refractivity contribution < 1.29 is 13.2 Å². The van der Waals surface area contributed by atoms with E-state index in [4.69, 9.17) is 17.3 Å². The van der Waals surface area contributed by atoms with Gasteiger partial charge in [0.15, 0.2) is 0 Å². The van der Waals surface area contributed by atoms with Gasteiger partial charge in [-0.05, 0) is 53.8 Å². The van der Waals surface area contributed by atoms with E-state index in [1.165, 1.54) is 10.4 Å². The molecule has 0 saturated carbocycles. The number of nitrogens with zero attached hydrogens (tertiary/aromatic N) is 1. The Morgan fingerprint density at radius 1 is 1.17 bits per heavy atom. The maximum absolute atomic E-state index is 13.0. The van der Waals surface area contributed by atoms with Gasteiger partial charge in [0.25, 0.3) is 0 Å². The molecule has 2 aromatic carbocycles. The van der Waals surface area contributed by atoms with Crippen LogP contribution >= 0.6 is 11.6 Å². The van der Waals surface area contributed by atoms with Crippen LogP contribution in [0.25, 0.3) is 0 Å². The molecule has 4 rings (SSSR count). The number of hydrogen-bond acceptors (Lipinski definition) is 3. The van der Waals surface area contributed by atoms with E-state index in [1.807, 2.05) is 12.1 Å². The lowest BCUT2D eigenvalue weighted by atomic mass is 10.1. The monoisotopic (exact) mass is 362 g/mol. The van der Waals surface area contributed by atoms with Crippen molar-refractivity contribution in [3.8, 4) is 0 Å². The lowest BCUT2D eigenvalue weighted by molar-refractivity contribution is 0.1000. The molecular formula is C17H15ClN2O3S. The quantitative estimate of drug-likeness (QED) is 0.891. The first-order valence-corrected chi connectivity index (χ1v) is 9.42. The number of nitrogens with two attached hydrogens (primary N) is 1. The third-order valence-corrected chi connectivity index (χ3v) is 6.94. The summed E-state index contributed by atoms with van der Waals surface area (Å²) in [4.78, 5) is 11.5. The van der Waals surface area contributed by atoms with Gasteiger partial charge < -0.3 is 5.73 Å². The second kappa shape index (κ2) is 5.31. The maximum atomic E-state index is 13.0. The van der Waals surface area contributed by atoms with E-state index >= 15 is 0 Å². The number of aryl methyl sites for hydroxylation is 1. The van der Waals surface area contributed by atoms with Crippen molar-refractivity contribution in [3.63, 3.8) is 0 Å². The standard InChI is InChI=1S/C17H15ClN2O3S/c18-13-4-5-14-10(7-13)3-6-15(14)20-9-12-2-1-11(17(19)21)8-16(12)24(20,22)23/h1-2,4-5,7-8,15H,3,6,9H2,(H2,19,21). The Bertz CT molecular complexity index is 972. The molecule has 1 atom stereocenters. The lowest BCUT2D eigenvalue weighted by Gasteiger charge is -2.23. The van der Waals surface area contributed by atoms with E-state index in [0.717, 1.165) is 24.0 Å². The van der Waals surface area contributed by atoms with E-state index in [1.54, 1.807) is 18.2 Å². The van der Waals surface area contributed by atoms with Crippen LogP contribution in [0.3, 0.4) is 0 Å². The fourth-order valence-corrected chi connectivity index (χ4v) is 5.65. The highest BCUT2D eigenvalue weighted by Crippen LogP contribution is 2.44. The van der Waals surface area contributed by atoms with Crippen molar-refractivity contribution in [3.05, 3.63) is 63.7 Å². The highest BCUT2D eigenvalue weighted by Gasteiger charge is 2.42. The Morgan fingerprint density at radius 2 is 1.96 bits per heavy atom. The van der Waals surface area contributed by atoms with Crippen LogP contribution in [0.15, 0.2) is 41.3 Å². The van der Waals surface area contributed by atoms with E-state index in [-0.39, 0.29) is 16.5 Å². The Labute approximate surface area is 145 Å². The summed E-state index contributed by atoms with van der Waals surface area (Å²) in [5.41, 5.74) is 8.27. The number of rotatable bonds is 2. The summed E-state index contributed by atoms with van der Waals surface area (Å²) < 4.78 is 27.5. The SMILES string of the molecule is NC(=O)c1ccc2c(c1)S(=O)(=O)N(C1CCc3cc(Cl)ccc31)C2. The lowest BCUT2D eigenvalue weighted by Crippen LogP contribution is -2.28. The van der Waals surface area contributed by atoms with Gasteiger partial charge in [0.2, 0.25) is 15.9 Å². The number of benzene rings is 2. The smallest absolute Gasteiger partial charge is 0.248 e. The molecule has 0 fully saturated rings. The molecule has 124 valence electrons. The van der Waals surface area contributed by atoms with Gasteiger partial charge in [-0.2, -0.15) is 4.31 Å². The number of halogens is 1. The Kier molecular flexibility index (Phi) is 3.46. The van der Waals surface area contributed by atoms with Crippen LogP contribution in [-0.2, 0) is 23.0 Å². The first-order chi connectivity index (χ1) is 11.4. The van der Waals surface area contributed by atoms with Gasteiger partial charge in [-0.15, -0.1) is 0 Å². The average Bonchev–Trinajstić information content (AvgIpc) is 3.05. The van der Waals surface area contributed by atoms with Crippen LogP contribution in [0.1, 0.15) is 39.5 Å². The van der Waals surface area contributed by atoms with Crippen LogP contribution in [0.2, 0.25) is 5.02 Å². The molecule has 2 N–H and O–H groups in total. The summed E-state index contributed by atoms with van der Waals surface area (Å²) in [5, 5.41) is 0.660. The van der Waals surface area contributed by atoms with Gasteiger partial charge in [0, 0.05) is 17.1 Å². The van der Waals surface area contributed by atoms with Crippen LogP contribution in [-0.4, -0.2) is 18.6 Å². The molecule has 2 aliphatic rings. The Hall–Kier alpha value is -1.89. The van der Waals surface area contributed by atoms with Gasteiger partial charge in [0.1, 0.15) is 0 Å². The first kappa shape index (κ1) is 15.6. The molecule has 1 aliphatic heterocycles. The van der Waals surface area contributed by atoms with E-state index in [2.05, 4.69) is 0 Å². The maximum Gasteiger partial charge on any atom is 0.248 e. The van der Waals surface area contributed by atoms with Crippen molar-refractivity contribution in [2.45, 2.75) is 30.3 Å². The minimum atomic E-state index is -3.65. The molecule has 7 heteroatoms. The fraction of sp³-hybridized carbons (Fsp3) is 0.235. The van der Waals surface area contributed by atoms with Crippen LogP contribution < -0.4 is 5.73 Å². The number of fused-ring (bicyclic) bond motifs is 2. The highest BCUT2D eigenvalue weighted by atomic mass is 35.5. The molecule has 1 amide bonds. The normalized spacial score (nSPS) is 21.5. The van der Waals surface area contributed by atoms with Crippen molar-refractivity contribution in [1.29, 1.82) is 0 Å². The number of amides is 1. The molecule has 1 unspecified atom stereocenters. The minimum absolute atomic E-state index is 0.182. The van der Waals surface area contributed by atoms with Crippen molar-refractivity contribution in [1.82, 2.24) is 4.31 Å². The summed E-state index contributed by atoms with van der Waals surface area (Å²) in [6.45, 7) is 0.309. The van der Waals surface area contributed by atoms with E-state index < -0.39 is 15.9 Å². The highest BCUT2D eigenvalue weighted by molar-refractivity contribution is 7.89. The van der Waals surface area contributed by atoms with Crippen LogP contribution in [0.4, 0.5) is 0 Å². The molecule has 1 aliphatic carbocycles. The van der Waals surface area contributed by atoms with Gasteiger partial charge >= 0.3 is 0 Å². The Morgan fingerprint density at radius 3 is 2.71 bits per heavy atom. The van der Waals surface area contributed by atoms with Crippen LogP contribution in [0.5, 0.6) is 0 Å². The van der Waals surface area contributed by atoms with Crippen molar-refractivity contribution in [2.24, 2.45) is 5.73 Å². The topological polar surface area (TPSA) is 80.5 Å². The summed E-state index contributed by atoms with van der Waals surface area (Å²) >= 11 is 6.03. The zero-order valence-electron chi connectivity index (χ0n) is 12.7. The first-order valence-electron chi connectivity index (χ1n) is 7.61. The summed E-state index contributed by atoms with van der Waals surface area (Å²) in [6, 6.07) is 10.0. The van der Waals surface area contributed by atoms with Gasteiger partial charge in [-0.1, -0.05) is 23.7 Å². The second-order valence-electron chi connectivity index (χ2n) is 6.13. The third kappa shape index (κ3) is 2.25.